The SMILES string of the molecule is Cc1ncsc1-c1ccc([C@H](C)NC(=O)[C@@H]2C[C@@H](O)CN2C(=O)C(C(C)C)n2cc(-c3cc(OC4CC(NC(=O)C[C@@H]5N=C(c6ccc(Cl)cc6)c6c(sc(C)c6C)-n6c(C)nnc65)C4)ccn3)cn2)cc1. The van der Waals surface area contributed by atoms with Crippen molar-refractivity contribution >= 4 is 57.7 Å². The molecule has 72 heavy (non-hydrogen) atoms. The van der Waals surface area contributed by atoms with Gasteiger partial charge in [-0.1, -0.05) is 61.8 Å². The number of carbonyl (C=O) groups excluding carboxylic acids is 3. The molecule has 1 saturated carbocycles. The summed E-state index contributed by atoms with van der Waals surface area (Å²) in [5.74, 6) is 1.03. The molecule has 7 aromatic rings. The average molecular weight is 1030 g/mol. The Hall–Kier alpha value is -6.60. The van der Waals surface area contributed by atoms with E-state index >= 15 is 0 Å². The van der Waals surface area contributed by atoms with Gasteiger partial charge in [0.2, 0.25) is 17.7 Å². The van der Waals surface area contributed by atoms with E-state index in [0.717, 1.165) is 54.9 Å². The topological polar surface area (TPSA) is 195 Å². The molecule has 3 N–H and O–H groups in total. The van der Waals surface area contributed by atoms with Crippen molar-refractivity contribution in [1.82, 2.24) is 50.0 Å². The fourth-order valence-electron chi connectivity index (χ4n) is 9.91. The normalized spacial score (nSPS) is 20.2. The minimum atomic E-state index is -0.846. The third-order valence-electron chi connectivity index (χ3n) is 13.9. The summed E-state index contributed by atoms with van der Waals surface area (Å²) < 4.78 is 10.1. The number of aliphatic hydroxyl groups is 1. The Kier molecular flexibility index (Phi) is 13.7. The second kappa shape index (κ2) is 20.1. The van der Waals surface area contributed by atoms with Crippen LogP contribution in [-0.4, -0.2) is 98.8 Å². The lowest BCUT2D eigenvalue weighted by Crippen LogP contribution is -2.49. The maximum absolute atomic E-state index is 14.4. The van der Waals surface area contributed by atoms with Gasteiger partial charge in [0.1, 0.15) is 40.8 Å². The molecule has 372 valence electrons. The van der Waals surface area contributed by atoms with Crippen LogP contribution >= 0.6 is 34.3 Å². The first-order valence-electron chi connectivity index (χ1n) is 24.2. The molecule has 1 unspecified atom stereocenters. The highest BCUT2D eigenvalue weighted by Crippen LogP contribution is 2.40. The third-order valence-corrected chi connectivity index (χ3v) is 16.4. The largest absolute Gasteiger partial charge is 0.490 e. The van der Waals surface area contributed by atoms with Crippen molar-refractivity contribution in [2.75, 3.05) is 6.54 Å². The van der Waals surface area contributed by atoms with Crippen LogP contribution in [0.3, 0.4) is 0 Å². The zero-order chi connectivity index (χ0) is 50.5. The summed E-state index contributed by atoms with van der Waals surface area (Å²) in [6.45, 7) is 13.9. The number of fused-ring (bicyclic) bond motifs is 3. The predicted molar refractivity (Wildman–Crippen MR) is 278 cm³/mol. The summed E-state index contributed by atoms with van der Waals surface area (Å²) >= 11 is 9.54. The Balaban J connectivity index is 0.762. The van der Waals surface area contributed by atoms with Crippen LogP contribution < -0.4 is 15.4 Å². The molecule has 3 aliphatic rings. The fourth-order valence-corrected chi connectivity index (χ4v) is 12.1. The highest BCUT2D eigenvalue weighted by molar-refractivity contribution is 7.15. The van der Waals surface area contributed by atoms with Crippen molar-refractivity contribution in [3.05, 3.63) is 134 Å². The second-order valence-electron chi connectivity index (χ2n) is 19.4. The molecule has 0 bridgehead atoms. The van der Waals surface area contributed by atoms with Crippen molar-refractivity contribution in [3.63, 3.8) is 0 Å². The lowest BCUT2D eigenvalue weighted by atomic mass is 9.89. The fraction of sp³-hybridized carbons (Fsp3) is 0.377. The highest BCUT2D eigenvalue weighted by Gasteiger charge is 2.43. The Bertz CT molecular complexity index is 3190. The van der Waals surface area contributed by atoms with Gasteiger partial charge in [0.05, 0.1) is 52.3 Å². The molecule has 7 heterocycles. The van der Waals surface area contributed by atoms with Crippen molar-refractivity contribution in [3.8, 4) is 32.4 Å². The van der Waals surface area contributed by atoms with Gasteiger partial charge < -0.3 is 25.4 Å². The van der Waals surface area contributed by atoms with Crippen LogP contribution in [0.15, 0.2) is 89.8 Å². The quantitative estimate of drug-likeness (QED) is 0.0949. The molecule has 3 amide bonds. The van der Waals surface area contributed by atoms with E-state index in [1.165, 1.54) is 9.78 Å². The lowest BCUT2D eigenvalue weighted by molar-refractivity contribution is -0.142. The highest BCUT2D eigenvalue weighted by atomic mass is 35.5. The van der Waals surface area contributed by atoms with E-state index in [9.17, 15) is 19.5 Å². The second-order valence-corrected chi connectivity index (χ2v) is 21.9. The van der Waals surface area contributed by atoms with E-state index in [2.05, 4.69) is 49.7 Å². The summed E-state index contributed by atoms with van der Waals surface area (Å²) in [7, 11) is 0. The minimum absolute atomic E-state index is 0.0406. The number of hydrogen-bond acceptors (Lipinski definition) is 13. The number of rotatable bonds is 14. The number of β-amino-alcohol motifs (C(OH)–C–C–N with tert-alkyl or cyclic N) is 1. The Morgan fingerprint density at radius 3 is 2.40 bits per heavy atom. The van der Waals surface area contributed by atoms with Crippen molar-refractivity contribution < 1.29 is 24.2 Å². The number of aliphatic imine (C=N–C) groups is 1. The van der Waals surface area contributed by atoms with E-state index in [1.54, 1.807) is 52.0 Å². The van der Waals surface area contributed by atoms with Gasteiger partial charge in [0.15, 0.2) is 5.82 Å². The zero-order valence-electron chi connectivity index (χ0n) is 41.0. The Morgan fingerprint density at radius 2 is 1.68 bits per heavy atom. The number of amides is 3. The van der Waals surface area contributed by atoms with Crippen LogP contribution in [0.2, 0.25) is 5.02 Å². The van der Waals surface area contributed by atoms with Crippen LogP contribution in [-0.2, 0) is 14.4 Å². The molecule has 5 atom stereocenters. The number of ether oxygens (including phenoxy) is 1. The molecule has 10 rings (SSSR count). The molecule has 2 fully saturated rings. The number of benzene rings is 2. The summed E-state index contributed by atoms with van der Waals surface area (Å²) in [4.78, 5) is 60.0. The summed E-state index contributed by atoms with van der Waals surface area (Å²) in [6, 6.07) is 16.7. The molecule has 19 heteroatoms. The first kappa shape index (κ1) is 49.0. The number of thiophene rings is 1. The number of hydrogen-bond donors (Lipinski definition) is 3. The molecular formula is C53H56ClN11O5S2. The smallest absolute Gasteiger partial charge is 0.248 e. The van der Waals surface area contributed by atoms with E-state index in [-0.39, 0.29) is 61.2 Å². The number of pyridine rings is 1. The number of aliphatic hydroxyl groups excluding tert-OH is 1. The Labute approximate surface area is 430 Å². The van der Waals surface area contributed by atoms with Crippen LogP contribution in [0.5, 0.6) is 5.75 Å². The predicted octanol–water partition coefficient (Wildman–Crippen LogP) is 8.64. The first-order chi connectivity index (χ1) is 34.6. The van der Waals surface area contributed by atoms with Crippen molar-refractivity contribution in [2.24, 2.45) is 10.9 Å². The summed E-state index contributed by atoms with van der Waals surface area (Å²) in [6.07, 6.45) is 5.63. The van der Waals surface area contributed by atoms with Gasteiger partial charge in [-0.15, -0.1) is 32.9 Å². The zero-order valence-corrected chi connectivity index (χ0v) is 43.4. The van der Waals surface area contributed by atoms with Crippen LogP contribution in [0.4, 0.5) is 0 Å². The molecular weight excluding hydrogens is 970 g/mol. The monoisotopic (exact) mass is 1030 g/mol. The number of carbonyl (C=O) groups is 3. The maximum atomic E-state index is 14.4. The molecule has 2 aromatic carbocycles. The number of nitrogens with zero attached hydrogens (tertiary/aromatic N) is 9. The molecule has 1 aliphatic carbocycles. The van der Waals surface area contributed by atoms with E-state index in [1.807, 2.05) is 99.3 Å². The number of thiazole rings is 1. The van der Waals surface area contributed by atoms with Gasteiger partial charge in [-0.25, -0.2) is 4.98 Å². The molecule has 1 saturated heterocycles. The van der Waals surface area contributed by atoms with Gasteiger partial charge in [0, 0.05) is 76.9 Å². The summed E-state index contributed by atoms with van der Waals surface area (Å²) in [5.41, 5.74) is 9.93. The van der Waals surface area contributed by atoms with Gasteiger partial charge >= 0.3 is 0 Å². The number of aromatic nitrogens is 7. The third kappa shape index (κ3) is 9.72. The maximum Gasteiger partial charge on any atom is 0.248 e. The van der Waals surface area contributed by atoms with Crippen LogP contribution in [0, 0.1) is 33.6 Å². The average Bonchev–Trinajstić information content (AvgIpc) is 4.19. The number of halogens is 1. The van der Waals surface area contributed by atoms with Crippen molar-refractivity contribution in [1.29, 1.82) is 0 Å². The molecule has 0 spiro atoms. The molecule has 5 aromatic heterocycles. The first-order valence-corrected chi connectivity index (χ1v) is 26.3. The van der Waals surface area contributed by atoms with E-state index in [4.69, 9.17) is 21.3 Å². The number of aryl methyl sites for hydroxylation is 3. The Morgan fingerprint density at radius 1 is 0.931 bits per heavy atom. The molecule has 16 nitrogen and oxygen atoms in total. The van der Waals surface area contributed by atoms with Gasteiger partial charge in [0.25, 0.3) is 0 Å². The van der Waals surface area contributed by atoms with Crippen molar-refractivity contribution in [2.45, 2.75) is 117 Å². The van der Waals surface area contributed by atoms with Gasteiger partial charge in [-0.05, 0) is 75.4 Å². The minimum Gasteiger partial charge on any atom is -0.490 e. The standard InChI is InChI=1S/C53H56ClN11O5S2/c1-27(2)48(52(69)63-25-39(66)20-44(63)51(68)58-29(4)33-8-10-35(11-9-33)49-30(5)56-26-71-49)64-24-36(23-57-64)42-21-40(16-17-55-42)70-41-18-38(19-41)59-45(67)22-43-50-62-61-32(7)65(50)53-46(28(3)31(6)72-53)47(60-43)34-12-14-37(54)15-13-34/h8-17,21,23-24,26-27,29,38-39,41,43-44,48,66H,18-20,22,25H2,1-7H3,(H,58,68)(H,59,67)/t29-,38?,39+,41?,43-,44-,48?/m0/s1. The van der Waals surface area contributed by atoms with Crippen LogP contribution in [0.25, 0.3) is 26.7 Å². The number of likely N-dealkylation sites (tertiary alicyclic amines) is 1. The number of nitrogens with one attached hydrogen (secondary N) is 2. The van der Waals surface area contributed by atoms with Gasteiger partial charge in [-0.3, -0.25) is 33.6 Å². The lowest BCUT2D eigenvalue weighted by Gasteiger charge is -2.36. The van der Waals surface area contributed by atoms with E-state index < -0.39 is 24.2 Å². The summed E-state index contributed by atoms with van der Waals surface area (Å²) in [5, 5.41) is 32.3. The van der Waals surface area contributed by atoms with Crippen LogP contribution in [0.1, 0.15) is 109 Å². The van der Waals surface area contributed by atoms with Gasteiger partial charge in [-0.2, -0.15) is 5.10 Å². The van der Waals surface area contributed by atoms with E-state index in [0.29, 0.717) is 40.7 Å². The molecule has 2 aliphatic heterocycles. The molecule has 0 radical (unpaired) electrons.